The second-order valence-electron chi connectivity index (χ2n) is 19.6. The highest BCUT2D eigenvalue weighted by Crippen LogP contribution is 2.38. The van der Waals surface area contributed by atoms with Crippen LogP contribution in [0.15, 0.2) is 12.2 Å². The highest BCUT2D eigenvalue weighted by Gasteiger charge is 2.24. The molecule has 2 N–H and O–H groups in total. The van der Waals surface area contributed by atoms with Gasteiger partial charge in [-0.1, -0.05) is 231 Å². The van der Waals surface area contributed by atoms with E-state index in [0.717, 1.165) is 38.5 Å². The predicted octanol–water partition coefficient (Wildman–Crippen LogP) is 14.8. The molecular weight excluding hydrogens is 780 g/mol. The van der Waals surface area contributed by atoms with Gasteiger partial charge in [0.15, 0.2) is 0 Å². The summed E-state index contributed by atoms with van der Waals surface area (Å²) in [6, 6.07) is -0.796. The molecule has 0 aromatic carbocycles. The first kappa shape index (κ1) is 60.2. The summed E-state index contributed by atoms with van der Waals surface area (Å²) in [7, 11) is 1.32. The van der Waals surface area contributed by atoms with Gasteiger partial charge in [-0.3, -0.25) is 9.36 Å². The number of carbonyl (C=O) groups is 1. The van der Waals surface area contributed by atoms with Crippen molar-refractivity contribution in [1.29, 1.82) is 0 Å². The van der Waals surface area contributed by atoms with Gasteiger partial charge in [-0.15, -0.1) is 0 Å². The summed E-state index contributed by atoms with van der Waals surface area (Å²) in [5, 5.41) is 14.0. The fourth-order valence-electron chi connectivity index (χ4n) is 8.04. The molecule has 0 aliphatic rings. The zero-order chi connectivity index (χ0) is 45.0. The van der Waals surface area contributed by atoms with Gasteiger partial charge in [0.25, 0.3) is 7.82 Å². The van der Waals surface area contributed by atoms with Crippen molar-refractivity contribution in [2.24, 2.45) is 0 Å². The number of unbranched alkanes of at least 4 members (excludes halogenated alkanes) is 34. The maximum absolute atomic E-state index is 12.9. The molecule has 8 nitrogen and oxygen atoms in total. The standard InChI is InChI=1S/C52H105N2O6P/c1-6-8-10-12-14-16-18-20-22-23-24-25-26-27-28-29-30-31-32-34-36-38-40-42-44-46-52(56)53-50(49-60-61(57,58)59-48-47-54(3,4)5)51(55)45-43-41-39-37-35-33-21-19-17-15-13-11-9-7-2/h23-24,50-51,55H,6-22,25-49H2,1-5H3,(H-,53,56,57,58)/b24-23-. The lowest BCUT2D eigenvalue weighted by molar-refractivity contribution is -0.870. The van der Waals surface area contributed by atoms with Gasteiger partial charge in [0.05, 0.1) is 39.9 Å². The molecule has 9 heteroatoms. The van der Waals surface area contributed by atoms with Gasteiger partial charge in [-0.05, 0) is 38.5 Å². The first-order valence-corrected chi connectivity index (χ1v) is 28.0. The molecule has 0 aromatic heterocycles. The van der Waals surface area contributed by atoms with E-state index in [9.17, 15) is 19.4 Å². The van der Waals surface area contributed by atoms with E-state index in [1.807, 2.05) is 21.1 Å². The minimum absolute atomic E-state index is 0.0147. The van der Waals surface area contributed by atoms with Gasteiger partial charge in [0.2, 0.25) is 5.91 Å². The molecular formula is C52H105N2O6P. The molecule has 0 saturated carbocycles. The molecule has 0 radical (unpaired) electrons. The summed E-state index contributed by atoms with van der Waals surface area (Å²) in [5.74, 6) is -0.161. The van der Waals surface area contributed by atoms with E-state index in [4.69, 9.17) is 9.05 Å². The van der Waals surface area contributed by atoms with Crippen molar-refractivity contribution < 1.29 is 32.9 Å². The molecule has 0 saturated heterocycles. The maximum atomic E-state index is 12.9. The number of aliphatic hydroxyl groups excluding tert-OH is 1. The van der Waals surface area contributed by atoms with Crippen LogP contribution in [0, 0.1) is 0 Å². The first-order chi connectivity index (χ1) is 29.5. The Labute approximate surface area is 380 Å². The molecule has 0 aliphatic carbocycles. The average Bonchev–Trinajstić information content (AvgIpc) is 3.21. The minimum atomic E-state index is -4.56. The molecule has 0 rings (SSSR count). The van der Waals surface area contributed by atoms with Crippen LogP contribution in [0.25, 0.3) is 0 Å². The Morgan fingerprint density at radius 3 is 1.28 bits per heavy atom. The Morgan fingerprint density at radius 1 is 0.557 bits per heavy atom. The van der Waals surface area contributed by atoms with Gasteiger partial charge in [0.1, 0.15) is 13.2 Å². The number of amides is 1. The Morgan fingerprint density at radius 2 is 0.902 bits per heavy atom. The number of rotatable bonds is 49. The normalized spacial score (nSPS) is 14.1. The van der Waals surface area contributed by atoms with Crippen molar-refractivity contribution in [2.75, 3.05) is 40.9 Å². The predicted molar refractivity (Wildman–Crippen MR) is 261 cm³/mol. The van der Waals surface area contributed by atoms with Crippen LogP contribution in [0.3, 0.4) is 0 Å². The zero-order valence-corrected chi connectivity index (χ0v) is 42.3. The topological polar surface area (TPSA) is 108 Å². The van der Waals surface area contributed by atoms with Gasteiger partial charge >= 0.3 is 0 Å². The lowest BCUT2D eigenvalue weighted by Gasteiger charge is -2.30. The summed E-state index contributed by atoms with van der Waals surface area (Å²) in [5.41, 5.74) is 0. The van der Waals surface area contributed by atoms with Crippen LogP contribution in [-0.4, -0.2) is 68.5 Å². The molecule has 3 atom stereocenters. The van der Waals surface area contributed by atoms with Crippen molar-refractivity contribution in [3.63, 3.8) is 0 Å². The van der Waals surface area contributed by atoms with E-state index in [1.165, 1.54) is 199 Å². The number of aliphatic hydroxyl groups is 1. The van der Waals surface area contributed by atoms with Crippen molar-refractivity contribution in [1.82, 2.24) is 5.32 Å². The monoisotopic (exact) mass is 885 g/mol. The number of hydrogen-bond donors (Lipinski definition) is 2. The molecule has 61 heavy (non-hydrogen) atoms. The molecule has 1 amide bonds. The third-order valence-corrected chi connectivity index (χ3v) is 13.2. The molecule has 3 unspecified atom stereocenters. The number of nitrogens with one attached hydrogen (secondary N) is 1. The number of phosphoric acid groups is 1. The van der Waals surface area contributed by atoms with Gasteiger partial charge < -0.3 is 28.8 Å². The zero-order valence-electron chi connectivity index (χ0n) is 41.4. The number of likely N-dealkylation sites (N-methyl/N-ethyl adjacent to an activating group) is 1. The van der Waals surface area contributed by atoms with Crippen LogP contribution < -0.4 is 10.2 Å². The summed E-state index contributed by atoms with van der Waals surface area (Å²) >= 11 is 0. The van der Waals surface area contributed by atoms with Crippen LogP contribution in [0.2, 0.25) is 0 Å². The molecule has 0 heterocycles. The SMILES string of the molecule is CCCCCCCCCC/C=C\CCCCCCCCCCCCCCCC(=O)NC(COP(=O)([O-])OCC[N+](C)(C)C)C(O)CCCCCCCCCCCCCCCC. The smallest absolute Gasteiger partial charge is 0.268 e. The number of carbonyl (C=O) groups excluding carboxylic acids is 1. The van der Waals surface area contributed by atoms with Gasteiger partial charge in [-0.25, -0.2) is 0 Å². The average molecular weight is 885 g/mol. The number of allylic oxidation sites excluding steroid dienone is 2. The summed E-state index contributed by atoms with van der Waals surface area (Å²) < 4.78 is 23.3. The molecule has 0 spiro atoms. The lowest BCUT2D eigenvalue weighted by Crippen LogP contribution is -2.46. The number of phosphoric ester groups is 1. The maximum Gasteiger partial charge on any atom is 0.268 e. The molecule has 364 valence electrons. The summed E-state index contributed by atoms with van der Waals surface area (Å²) in [6.45, 7) is 4.75. The molecule has 0 aromatic rings. The second kappa shape index (κ2) is 44.4. The van der Waals surface area contributed by atoms with Crippen molar-refractivity contribution >= 4 is 13.7 Å². The largest absolute Gasteiger partial charge is 0.756 e. The minimum Gasteiger partial charge on any atom is -0.756 e. The number of quaternary nitrogens is 1. The fraction of sp³-hybridized carbons (Fsp3) is 0.942. The van der Waals surface area contributed by atoms with E-state index in [-0.39, 0.29) is 19.1 Å². The highest BCUT2D eigenvalue weighted by molar-refractivity contribution is 7.45. The van der Waals surface area contributed by atoms with Gasteiger partial charge in [-0.2, -0.15) is 0 Å². The third-order valence-electron chi connectivity index (χ3n) is 12.3. The first-order valence-electron chi connectivity index (χ1n) is 26.5. The number of hydrogen-bond acceptors (Lipinski definition) is 6. The van der Waals surface area contributed by atoms with Crippen LogP contribution in [0.1, 0.15) is 264 Å². The second-order valence-corrected chi connectivity index (χ2v) is 21.0. The Balaban J connectivity index is 4.13. The molecule has 0 fully saturated rings. The van der Waals surface area contributed by atoms with Crippen molar-refractivity contribution in [3.05, 3.63) is 12.2 Å². The van der Waals surface area contributed by atoms with Crippen molar-refractivity contribution in [3.8, 4) is 0 Å². The molecule has 0 bridgehead atoms. The summed E-state index contributed by atoms with van der Waals surface area (Å²) in [4.78, 5) is 25.4. The highest BCUT2D eigenvalue weighted by atomic mass is 31.2. The van der Waals surface area contributed by atoms with Crippen LogP contribution >= 0.6 is 7.82 Å². The van der Waals surface area contributed by atoms with Crippen LogP contribution in [0.4, 0.5) is 0 Å². The Bertz CT molecular complexity index is 1000. The third kappa shape index (κ3) is 47.0. The van der Waals surface area contributed by atoms with Gasteiger partial charge in [0, 0.05) is 6.42 Å². The van der Waals surface area contributed by atoms with Crippen LogP contribution in [-0.2, 0) is 18.4 Å². The van der Waals surface area contributed by atoms with E-state index in [0.29, 0.717) is 23.9 Å². The molecule has 0 aliphatic heterocycles. The Hall–Kier alpha value is -0.760. The van der Waals surface area contributed by atoms with E-state index in [1.54, 1.807) is 0 Å². The van der Waals surface area contributed by atoms with E-state index in [2.05, 4.69) is 31.3 Å². The number of nitrogens with zero attached hydrogens (tertiary/aromatic N) is 1. The van der Waals surface area contributed by atoms with Crippen LogP contribution in [0.5, 0.6) is 0 Å². The lowest BCUT2D eigenvalue weighted by atomic mass is 10.0. The fourth-order valence-corrected chi connectivity index (χ4v) is 8.76. The van der Waals surface area contributed by atoms with Crippen molar-refractivity contribution in [2.45, 2.75) is 276 Å². The van der Waals surface area contributed by atoms with E-state index >= 15 is 0 Å². The summed E-state index contributed by atoms with van der Waals surface area (Å²) in [6.07, 6.45) is 52.3. The Kier molecular flexibility index (Phi) is 43.9. The van der Waals surface area contributed by atoms with E-state index < -0.39 is 20.0 Å². The quantitative estimate of drug-likeness (QED) is 0.0273.